The zero-order valence-electron chi connectivity index (χ0n) is 34.7. The lowest BCUT2D eigenvalue weighted by Gasteiger charge is -2.41. The van der Waals surface area contributed by atoms with E-state index in [9.17, 15) is 51.7 Å². The number of nitrogens with zero attached hydrogens (tertiary/aromatic N) is 2. The van der Waals surface area contributed by atoms with Crippen molar-refractivity contribution in [1.82, 2.24) is 25.4 Å². The first-order chi connectivity index (χ1) is 28.9. The van der Waals surface area contributed by atoms with E-state index in [1.807, 2.05) is 55.7 Å². The van der Waals surface area contributed by atoms with Gasteiger partial charge in [-0.15, -0.1) is 0 Å². The molecule has 0 saturated carbocycles. The summed E-state index contributed by atoms with van der Waals surface area (Å²) in [6, 6.07) is 9.54. The number of aliphatic hydroxyl groups excluding tert-OH is 1. The first-order valence-electron chi connectivity index (χ1n) is 19.3. The molecule has 62 heavy (non-hydrogen) atoms. The van der Waals surface area contributed by atoms with Gasteiger partial charge in [0, 0.05) is 49.6 Å². The predicted octanol–water partition coefficient (Wildman–Crippen LogP) is 3.06. The molecule has 0 radical (unpaired) electrons. The maximum absolute atomic E-state index is 15.0. The van der Waals surface area contributed by atoms with E-state index in [0.717, 1.165) is 23.8 Å². The number of hydrogen-bond acceptors (Lipinski definition) is 9. The number of amides is 4. The largest absolute Gasteiger partial charge is 0.490 e. The first kappa shape index (κ1) is 52.2. The summed E-state index contributed by atoms with van der Waals surface area (Å²) < 4.78 is 62.9. The van der Waals surface area contributed by atoms with Gasteiger partial charge in [0.25, 0.3) is 0 Å². The van der Waals surface area contributed by atoms with Gasteiger partial charge < -0.3 is 52.2 Å². The minimum atomic E-state index is -5.08. The number of benzene rings is 2. The van der Waals surface area contributed by atoms with Gasteiger partial charge in [0.15, 0.2) is 0 Å². The summed E-state index contributed by atoms with van der Waals surface area (Å²) >= 11 is 0. The summed E-state index contributed by atoms with van der Waals surface area (Å²) in [4.78, 5) is 73.5. The number of carboxylic acids is 2. The second kappa shape index (κ2) is 23.9. The highest BCUT2D eigenvalue weighted by atomic mass is 19.4. The molecule has 3 aromatic rings. The van der Waals surface area contributed by atoms with Crippen LogP contribution in [0.25, 0.3) is 11.1 Å². The van der Waals surface area contributed by atoms with Crippen molar-refractivity contribution in [3.63, 3.8) is 0 Å². The number of hydrogen-bond donors (Lipinski definition) is 8. The van der Waals surface area contributed by atoms with Crippen LogP contribution in [0.15, 0.2) is 60.8 Å². The van der Waals surface area contributed by atoms with E-state index in [0.29, 0.717) is 37.2 Å². The average Bonchev–Trinajstić information content (AvgIpc) is 3.59. The molecule has 2 aromatic carbocycles. The fourth-order valence-corrected chi connectivity index (χ4v) is 6.32. The first-order valence-corrected chi connectivity index (χ1v) is 19.3. The third-order valence-corrected chi connectivity index (χ3v) is 9.23. The van der Waals surface area contributed by atoms with Gasteiger partial charge in [0.1, 0.15) is 30.3 Å². The molecule has 1 aromatic heterocycles. The minimum absolute atomic E-state index is 0.0147. The molecule has 0 aliphatic rings. The Morgan fingerprint density at radius 1 is 0.871 bits per heavy atom. The second-order valence-electron chi connectivity index (χ2n) is 15.3. The van der Waals surface area contributed by atoms with Gasteiger partial charge in [-0.1, -0.05) is 51.1 Å². The van der Waals surface area contributed by atoms with Crippen LogP contribution in [-0.4, -0.2) is 111 Å². The number of nitrogens with two attached hydrogens (primary N) is 2. The van der Waals surface area contributed by atoms with Crippen LogP contribution in [0.1, 0.15) is 70.7 Å². The Balaban J connectivity index is 0.00000173. The van der Waals surface area contributed by atoms with Crippen LogP contribution < -0.4 is 27.4 Å². The lowest BCUT2D eigenvalue weighted by Crippen LogP contribution is -2.55. The number of carbonyl (C=O) groups excluding carboxylic acids is 4. The van der Waals surface area contributed by atoms with E-state index < -0.39 is 96.1 Å². The number of aromatic nitrogens is 1. The van der Waals surface area contributed by atoms with E-state index in [-0.39, 0.29) is 24.9 Å². The molecule has 0 aliphatic carbocycles. The molecule has 0 fully saturated rings. The van der Waals surface area contributed by atoms with Crippen molar-refractivity contribution in [2.24, 2.45) is 16.9 Å². The molecule has 21 heteroatoms. The number of alkyl halides is 3. The molecule has 0 spiro atoms. The van der Waals surface area contributed by atoms with E-state index in [4.69, 9.17) is 21.4 Å². The van der Waals surface area contributed by atoms with E-state index in [1.54, 1.807) is 12.3 Å². The van der Waals surface area contributed by atoms with Gasteiger partial charge in [0.05, 0.1) is 12.1 Å². The van der Waals surface area contributed by atoms with Crippen LogP contribution in [0.4, 0.5) is 22.0 Å². The normalized spacial score (nSPS) is 13.4. The zero-order valence-corrected chi connectivity index (χ0v) is 34.7. The predicted molar refractivity (Wildman–Crippen MR) is 216 cm³/mol. The van der Waals surface area contributed by atoms with Crippen molar-refractivity contribution in [3.05, 3.63) is 83.7 Å². The maximum atomic E-state index is 15.0. The van der Waals surface area contributed by atoms with Gasteiger partial charge in [0.2, 0.25) is 23.6 Å². The smallest absolute Gasteiger partial charge is 0.480 e. The summed E-state index contributed by atoms with van der Waals surface area (Å²) in [7, 11) is 0. The molecule has 4 amide bonds. The van der Waals surface area contributed by atoms with Crippen LogP contribution in [0.3, 0.4) is 0 Å². The molecule has 16 nitrogen and oxygen atoms in total. The highest BCUT2D eigenvalue weighted by molar-refractivity contribution is 5.89. The summed E-state index contributed by atoms with van der Waals surface area (Å²) in [5, 5.41) is 34.3. The standard InChI is InChI=1S/C39H53F2N7O7.C2HF3O2/c1-24(50)45-31(12-8-9-16-42)37(53)44-20-32(38(54)55)46-36(52)30(43)15-17-48(34(51)23-49)35(39(2,3)4)33-18-26(28-19-27(40)13-14-29(28)41)22-47(33)21-25-10-6-5-7-11-25;3-2(4,5)1(6)7/h5-7,10-11,13-14,18-19,22,30-32,35,49H,8-9,12,15-17,20-21,23,42-43H2,1-4H3,(H,44,53)(H,45,50)(H,46,52)(H,54,55);(H,6,7)/t30-,31-,32+,35-;/m0./s1. The monoisotopic (exact) mass is 883 g/mol. The van der Waals surface area contributed by atoms with Crippen molar-refractivity contribution < 1.29 is 66.0 Å². The van der Waals surface area contributed by atoms with Crippen molar-refractivity contribution in [1.29, 1.82) is 0 Å². The highest BCUT2D eigenvalue weighted by Gasteiger charge is 2.39. The van der Waals surface area contributed by atoms with Crippen LogP contribution in [0.5, 0.6) is 0 Å². The third-order valence-electron chi connectivity index (χ3n) is 9.23. The number of carbonyl (C=O) groups is 6. The number of rotatable bonds is 20. The maximum Gasteiger partial charge on any atom is 0.490 e. The lowest BCUT2D eigenvalue weighted by atomic mass is 9.82. The number of nitrogens with one attached hydrogen (secondary N) is 3. The molecule has 3 rings (SSSR count). The Labute approximate surface area is 354 Å². The van der Waals surface area contributed by atoms with Crippen LogP contribution >= 0.6 is 0 Å². The van der Waals surface area contributed by atoms with Gasteiger partial charge in [-0.25, -0.2) is 18.4 Å². The molecular weight excluding hydrogens is 829 g/mol. The summed E-state index contributed by atoms with van der Waals surface area (Å²) in [5.74, 6) is -8.13. The molecule has 4 atom stereocenters. The molecule has 10 N–H and O–H groups in total. The Morgan fingerprint density at radius 3 is 2.03 bits per heavy atom. The SMILES string of the molecule is CC(=O)N[C@@H](CCCCN)C(=O)NC[C@@H](NC(=O)[C@@H](N)CCN(C(=O)CO)[C@@H](c1cc(-c2cc(F)ccc2F)cn1Cc1ccccc1)C(C)(C)C)C(=O)O.O=C(O)C(F)(F)F. The van der Waals surface area contributed by atoms with Gasteiger partial charge in [-0.05, 0) is 67.5 Å². The molecule has 0 bridgehead atoms. The topological polar surface area (TPSA) is 259 Å². The number of aliphatic hydroxyl groups is 1. The van der Waals surface area contributed by atoms with Crippen LogP contribution in [-0.2, 0) is 35.3 Å². The van der Waals surface area contributed by atoms with E-state index in [1.165, 1.54) is 11.8 Å². The Kier molecular flexibility index (Phi) is 20.1. The number of unbranched alkanes of at least 4 members (excludes halogenated alkanes) is 1. The van der Waals surface area contributed by atoms with E-state index in [2.05, 4.69) is 16.0 Å². The summed E-state index contributed by atoms with van der Waals surface area (Å²) in [6.45, 7) is 5.99. The number of halogens is 5. The summed E-state index contributed by atoms with van der Waals surface area (Å²) in [6.07, 6.45) is -2.15. The van der Waals surface area contributed by atoms with Crippen molar-refractivity contribution in [2.45, 2.75) is 90.3 Å². The van der Waals surface area contributed by atoms with Crippen LogP contribution in [0, 0.1) is 17.0 Å². The number of carboxylic acid groups (broad SMARTS) is 2. The lowest BCUT2D eigenvalue weighted by molar-refractivity contribution is -0.192. The summed E-state index contributed by atoms with van der Waals surface area (Å²) in [5.41, 5.74) is 12.8. The highest BCUT2D eigenvalue weighted by Crippen LogP contribution is 2.41. The molecule has 0 unspecified atom stereocenters. The Morgan fingerprint density at radius 2 is 1.50 bits per heavy atom. The quantitative estimate of drug-likeness (QED) is 0.0604. The number of aliphatic carboxylic acids is 2. The van der Waals surface area contributed by atoms with Gasteiger partial charge in [-0.2, -0.15) is 13.2 Å². The average molecular weight is 884 g/mol. The fraction of sp³-hybridized carbons (Fsp3) is 0.463. The van der Waals surface area contributed by atoms with E-state index >= 15 is 4.39 Å². The Hall–Kier alpha value is -5.93. The van der Waals surface area contributed by atoms with Crippen molar-refractivity contribution in [2.75, 3.05) is 26.2 Å². The molecular formula is C41H54F5N7O9. The fourth-order valence-electron chi connectivity index (χ4n) is 6.32. The van der Waals surface area contributed by atoms with Crippen LogP contribution in [0.2, 0.25) is 0 Å². The second-order valence-corrected chi connectivity index (χ2v) is 15.3. The van der Waals surface area contributed by atoms with Gasteiger partial charge >= 0.3 is 18.1 Å². The third kappa shape index (κ3) is 16.5. The minimum Gasteiger partial charge on any atom is -0.480 e. The molecule has 0 aliphatic heterocycles. The molecule has 342 valence electrons. The van der Waals surface area contributed by atoms with Crippen molar-refractivity contribution >= 4 is 35.6 Å². The Bertz CT molecular complexity index is 1990. The van der Waals surface area contributed by atoms with Crippen molar-refractivity contribution in [3.8, 4) is 11.1 Å². The molecule has 1 heterocycles. The van der Waals surface area contributed by atoms with Gasteiger partial charge in [-0.3, -0.25) is 19.2 Å². The molecule has 0 saturated heterocycles. The zero-order chi connectivity index (χ0) is 46.9.